The molecule has 1 N–H and O–H groups in total. The fourth-order valence-corrected chi connectivity index (χ4v) is 4.28. The number of amides is 1. The van der Waals surface area contributed by atoms with E-state index in [4.69, 9.17) is 0 Å². The van der Waals surface area contributed by atoms with Crippen LogP contribution < -0.4 is 5.32 Å². The molecule has 0 aromatic carbocycles. The van der Waals surface area contributed by atoms with Gasteiger partial charge in [0.05, 0.1) is 5.75 Å². The highest BCUT2D eigenvalue weighted by Gasteiger charge is 2.23. The second-order valence-electron chi connectivity index (χ2n) is 4.38. The molecular weight excluding hydrogens is 284 g/mol. The van der Waals surface area contributed by atoms with Crippen LogP contribution in [0.2, 0.25) is 0 Å². The predicted octanol–water partition coefficient (Wildman–Crippen LogP) is 0.838. The van der Waals surface area contributed by atoms with Gasteiger partial charge in [0.2, 0.25) is 15.9 Å². The Hall–Kier alpha value is -0.530. The molecule has 110 valence electrons. The fraction of sp³-hybridized carbons (Fsp3) is 0.750. The number of rotatable bonds is 6. The van der Waals surface area contributed by atoms with Crippen molar-refractivity contribution in [3.05, 3.63) is 11.6 Å². The summed E-state index contributed by atoms with van der Waals surface area (Å²) < 4.78 is 25.5. The van der Waals surface area contributed by atoms with Crippen molar-refractivity contribution in [3.8, 4) is 0 Å². The topological polar surface area (TPSA) is 66.5 Å². The molecule has 19 heavy (non-hydrogen) atoms. The first-order valence-electron chi connectivity index (χ1n) is 6.48. The SMILES string of the molecule is CCC=C(C)C(=O)NCCS(=O)(=O)N1CCSCC1. The van der Waals surface area contributed by atoms with Crippen LogP contribution in [0.1, 0.15) is 20.3 Å². The highest BCUT2D eigenvalue weighted by atomic mass is 32.2. The van der Waals surface area contributed by atoms with Gasteiger partial charge in [0.15, 0.2) is 0 Å². The number of nitrogens with one attached hydrogen (secondary N) is 1. The number of sulfonamides is 1. The molecule has 0 saturated carbocycles. The molecule has 0 aromatic rings. The first-order valence-corrected chi connectivity index (χ1v) is 9.24. The lowest BCUT2D eigenvalue weighted by molar-refractivity contribution is -0.117. The highest BCUT2D eigenvalue weighted by molar-refractivity contribution is 7.99. The Labute approximate surface area is 119 Å². The largest absolute Gasteiger partial charge is 0.351 e. The van der Waals surface area contributed by atoms with Gasteiger partial charge in [-0.05, 0) is 13.3 Å². The zero-order valence-electron chi connectivity index (χ0n) is 11.5. The van der Waals surface area contributed by atoms with E-state index in [0.29, 0.717) is 18.7 Å². The number of carbonyl (C=O) groups is 1. The van der Waals surface area contributed by atoms with Crippen LogP contribution in [-0.4, -0.2) is 55.5 Å². The van der Waals surface area contributed by atoms with E-state index < -0.39 is 10.0 Å². The Morgan fingerprint density at radius 1 is 1.37 bits per heavy atom. The van der Waals surface area contributed by atoms with Crippen LogP contribution in [0, 0.1) is 0 Å². The molecule has 1 rings (SSSR count). The highest BCUT2D eigenvalue weighted by Crippen LogP contribution is 2.12. The molecule has 1 aliphatic heterocycles. The lowest BCUT2D eigenvalue weighted by Gasteiger charge is -2.25. The summed E-state index contributed by atoms with van der Waals surface area (Å²) in [6.07, 6.45) is 2.62. The normalized spacial score (nSPS) is 18.3. The number of thioether (sulfide) groups is 1. The third kappa shape index (κ3) is 5.54. The lowest BCUT2D eigenvalue weighted by Crippen LogP contribution is -2.42. The standard InChI is InChI=1S/C12H22N2O3S2/c1-3-4-11(2)12(15)13-5-10-19(16,17)14-6-8-18-9-7-14/h4H,3,5-10H2,1-2H3,(H,13,15). The van der Waals surface area contributed by atoms with Crippen LogP contribution in [0.5, 0.6) is 0 Å². The van der Waals surface area contributed by atoms with E-state index in [1.54, 1.807) is 18.7 Å². The van der Waals surface area contributed by atoms with Crippen LogP contribution in [0.15, 0.2) is 11.6 Å². The van der Waals surface area contributed by atoms with Gasteiger partial charge in [-0.1, -0.05) is 13.0 Å². The van der Waals surface area contributed by atoms with Crippen molar-refractivity contribution in [1.29, 1.82) is 0 Å². The van der Waals surface area contributed by atoms with Crippen LogP contribution in [0.4, 0.5) is 0 Å². The number of hydrogen-bond donors (Lipinski definition) is 1. The zero-order valence-corrected chi connectivity index (χ0v) is 13.1. The summed E-state index contributed by atoms with van der Waals surface area (Å²) in [5, 5.41) is 2.64. The van der Waals surface area contributed by atoms with E-state index in [0.717, 1.165) is 17.9 Å². The van der Waals surface area contributed by atoms with Gasteiger partial charge in [-0.3, -0.25) is 4.79 Å². The molecule has 5 nitrogen and oxygen atoms in total. The van der Waals surface area contributed by atoms with Crippen LogP contribution >= 0.6 is 11.8 Å². The Morgan fingerprint density at radius 3 is 2.58 bits per heavy atom. The molecule has 0 aromatic heterocycles. The summed E-state index contributed by atoms with van der Waals surface area (Å²) in [6.45, 7) is 5.01. The summed E-state index contributed by atoms with van der Waals surface area (Å²) in [6, 6.07) is 0. The number of allylic oxidation sites excluding steroid dienone is 1. The van der Waals surface area contributed by atoms with Crippen LogP contribution in [0.3, 0.4) is 0 Å². The molecule has 0 unspecified atom stereocenters. The van der Waals surface area contributed by atoms with Gasteiger partial charge in [-0.2, -0.15) is 11.8 Å². The van der Waals surface area contributed by atoms with Crippen molar-refractivity contribution in [3.63, 3.8) is 0 Å². The van der Waals surface area contributed by atoms with Crippen LogP contribution in [0.25, 0.3) is 0 Å². The predicted molar refractivity (Wildman–Crippen MR) is 79.7 cm³/mol. The van der Waals surface area contributed by atoms with Crippen molar-refractivity contribution in [2.24, 2.45) is 0 Å². The molecule has 0 spiro atoms. The Morgan fingerprint density at radius 2 is 2.00 bits per heavy atom. The third-order valence-electron chi connectivity index (χ3n) is 2.88. The lowest BCUT2D eigenvalue weighted by atomic mass is 10.2. The quantitative estimate of drug-likeness (QED) is 0.739. The molecule has 0 radical (unpaired) electrons. The Bertz CT molecular complexity index is 426. The van der Waals surface area contributed by atoms with E-state index in [2.05, 4.69) is 5.32 Å². The van der Waals surface area contributed by atoms with E-state index in [9.17, 15) is 13.2 Å². The fourth-order valence-electron chi connectivity index (χ4n) is 1.79. The molecule has 1 fully saturated rings. The van der Waals surface area contributed by atoms with Crippen molar-refractivity contribution >= 4 is 27.7 Å². The number of carbonyl (C=O) groups excluding carboxylic acids is 1. The average Bonchev–Trinajstić information content (AvgIpc) is 2.39. The maximum absolute atomic E-state index is 12.0. The van der Waals surface area contributed by atoms with E-state index in [1.807, 2.05) is 13.0 Å². The molecule has 0 atom stereocenters. The number of hydrogen-bond acceptors (Lipinski definition) is 4. The average molecular weight is 306 g/mol. The van der Waals surface area contributed by atoms with Crippen molar-refractivity contribution < 1.29 is 13.2 Å². The maximum atomic E-state index is 12.0. The van der Waals surface area contributed by atoms with Crippen molar-refractivity contribution in [1.82, 2.24) is 9.62 Å². The smallest absolute Gasteiger partial charge is 0.246 e. The summed E-state index contributed by atoms with van der Waals surface area (Å²) in [5.74, 6) is 1.49. The van der Waals surface area contributed by atoms with E-state index in [-0.39, 0.29) is 18.2 Å². The minimum absolute atomic E-state index is 0.0250. The first kappa shape index (κ1) is 16.5. The maximum Gasteiger partial charge on any atom is 0.246 e. The minimum atomic E-state index is -3.23. The monoisotopic (exact) mass is 306 g/mol. The summed E-state index contributed by atoms with van der Waals surface area (Å²) in [7, 11) is -3.23. The Balaban J connectivity index is 2.39. The zero-order chi connectivity index (χ0) is 14.3. The van der Waals surface area contributed by atoms with Crippen LogP contribution in [-0.2, 0) is 14.8 Å². The Kier molecular flexibility index (Phi) is 6.88. The molecule has 1 saturated heterocycles. The molecule has 1 amide bonds. The van der Waals surface area contributed by atoms with Gasteiger partial charge in [0, 0.05) is 36.7 Å². The molecule has 1 aliphatic rings. The minimum Gasteiger partial charge on any atom is -0.351 e. The molecule has 1 heterocycles. The molecular formula is C12H22N2O3S2. The molecule has 0 aliphatic carbocycles. The summed E-state index contributed by atoms with van der Waals surface area (Å²) in [5.41, 5.74) is 0.634. The number of nitrogens with zero attached hydrogens (tertiary/aromatic N) is 1. The third-order valence-corrected chi connectivity index (χ3v) is 5.69. The summed E-state index contributed by atoms with van der Waals surface area (Å²) >= 11 is 1.77. The second-order valence-corrected chi connectivity index (χ2v) is 7.69. The summed E-state index contributed by atoms with van der Waals surface area (Å²) in [4.78, 5) is 11.6. The van der Waals surface area contributed by atoms with E-state index in [1.165, 1.54) is 4.31 Å². The van der Waals surface area contributed by atoms with Gasteiger partial charge in [0.1, 0.15) is 0 Å². The molecule has 7 heteroatoms. The van der Waals surface area contributed by atoms with Gasteiger partial charge in [-0.15, -0.1) is 0 Å². The van der Waals surface area contributed by atoms with E-state index >= 15 is 0 Å². The molecule has 0 bridgehead atoms. The van der Waals surface area contributed by atoms with Gasteiger partial charge in [0.25, 0.3) is 0 Å². The van der Waals surface area contributed by atoms with Crippen molar-refractivity contribution in [2.45, 2.75) is 20.3 Å². The first-order chi connectivity index (χ1) is 8.97. The second kappa shape index (κ2) is 7.91. The van der Waals surface area contributed by atoms with Gasteiger partial charge in [-0.25, -0.2) is 12.7 Å². The van der Waals surface area contributed by atoms with Gasteiger partial charge >= 0.3 is 0 Å². The van der Waals surface area contributed by atoms with Gasteiger partial charge < -0.3 is 5.32 Å². The van der Waals surface area contributed by atoms with Crippen molar-refractivity contribution in [2.75, 3.05) is 36.9 Å².